The van der Waals surface area contributed by atoms with Crippen LogP contribution in [0.15, 0.2) is 24.3 Å². The largest absolute Gasteiger partial charge is 0.481 e. The van der Waals surface area contributed by atoms with E-state index in [1.165, 1.54) is 11.1 Å². The Morgan fingerprint density at radius 1 is 1.53 bits per heavy atom. The Labute approximate surface area is 101 Å². The first-order chi connectivity index (χ1) is 8.18. The second-order valence-electron chi connectivity index (χ2n) is 4.35. The molecule has 0 aromatic heterocycles. The average molecular weight is 235 g/mol. The van der Waals surface area contributed by atoms with Crippen LogP contribution in [0.5, 0.6) is 0 Å². The maximum Gasteiger partial charge on any atom is 0.304 e. The summed E-state index contributed by atoms with van der Waals surface area (Å²) >= 11 is 0. The topological polar surface area (TPSA) is 49.8 Å². The average Bonchev–Trinajstić information content (AvgIpc) is 2.35. The molecule has 2 rings (SSSR count). The van der Waals surface area contributed by atoms with E-state index in [1.807, 2.05) is 24.1 Å². The third kappa shape index (κ3) is 2.84. The zero-order valence-corrected chi connectivity index (χ0v) is 9.93. The number of hydrogen-bond donors (Lipinski definition) is 1. The van der Waals surface area contributed by atoms with E-state index in [0.29, 0.717) is 19.8 Å². The van der Waals surface area contributed by atoms with Crippen LogP contribution in [0.2, 0.25) is 0 Å². The van der Waals surface area contributed by atoms with Gasteiger partial charge in [-0.25, -0.2) is 0 Å². The molecule has 17 heavy (non-hydrogen) atoms. The molecule has 1 aromatic rings. The highest BCUT2D eigenvalue weighted by Gasteiger charge is 2.23. The minimum atomic E-state index is -0.762. The predicted molar refractivity (Wildman–Crippen MR) is 63.7 cm³/mol. The van der Waals surface area contributed by atoms with Crippen molar-refractivity contribution in [3.8, 4) is 0 Å². The number of nitrogens with zero attached hydrogens (tertiary/aromatic N) is 1. The molecule has 1 aliphatic heterocycles. The van der Waals surface area contributed by atoms with Crippen LogP contribution in [0.3, 0.4) is 0 Å². The van der Waals surface area contributed by atoms with Crippen LogP contribution in [0.4, 0.5) is 0 Å². The van der Waals surface area contributed by atoms with Gasteiger partial charge in [0.05, 0.1) is 25.7 Å². The summed E-state index contributed by atoms with van der Waals surface area (Å²) in [7, 11) is 1.94. The molecule has 4 heteroatoms. The van der Waals surface area contributed by atoms with Crippen LogP contribution < -0.4 is 0 Å². The molecular weight excluding hydrogens is 218 g/mol. The summed E-state index contributed by atoms with van der Waals surface area (Å²) < 4.78 is 5.55. The lowest BCUT2D eigenvalue weighted by Crippen LogP contribution is -2.33. The molecule has 1 unspecified atom stereocenters. The lowest BCUT2D eigenvalue weighted by Gasteiger charge is -2.32. The Morgan fingerprint density at radius 3 is 3.06 bits per heavy atom. The smallest absolute Gasteiger partial charge is 0.304 e. The van der Waals surface area contributed by atoms with Gasteiger partial charge in [-0.15, -0.1) is 0 Å². The molecule has 92 valence electrons. The summed E-state index contributed by atoms with van der Waals surface area (Å²) in [6.45, 7) is 1.82. The van der Waals surface area contributed by atoms with Crippen molar-refractivity contribution in [2.24, 2.45) is 0 Å². The Hall–Kier alpha value is -1.39. The van der Waals surface area contributed by atoms with Crippen LogP contribution in [0.25, 0.3) is 0 Å². The number of benzene rings is 1. The molecule has 0 saturated carbocycles. The van der Waals surface area contributed by atoms with Crippen LogP contribution >= 0.6 is 0 Å². The molecule has 0 bridgehead atoms. The van der Waals surface area contributed by atoms with Gasteiger partial charge in [0.15, 0.2) is 0 Å². The number of aliphatic carboxylic acids is 1. The fourth-order valence-electron chi connectivity index (χ4n) is 2.15. The highest BCUT2D eigenvalue weighted by Crippen LogP contribution is 2.28. The van der Waals surface area contributed by atoms with E-state index < -0.39 is 5.97 Å². The molecule has 0 radical (unpaired) electrons. The second kappa shape index (κ2) is 5.29. The summed E-state index contributed by atoms with van der Waals surface area (Å²) in [5.74, 6) is -0.762. The molecule has 1 atom stereocenters. The Bertz CT molecular complexity index is 405. The summed E-state index contributed by atoms with van der Waals surface area (Å²) in [4.78, 5) is 12.6. The molecule has 1 N–H and O–H groups in total. The molecular formula is C13H17NO3. The predicted octanol–water partition coefficient (Wildman–Crippen LogP) is 1.66. The highest BCUT2D eigenvalue weighted by atomic mass is 16.5. The molecule has 0 amide bonds. The first-order valence-corrected chi connectivity index (χ1v) is 5.76. The van der Waals surface area contributed by atoms with Gasteiger partial charge >= 0.3 is 5.97 Å². The van der Waals surface area contributed by atoms with Gasteiger partial charge in [-0.05, 0) is 18.2 Å². The van der Waals surface area contributed by atoms with E-state index in [2.05, 4.69) is 12.1 Å². The number of rotatable bonds is 4. The van der Waals surface area contributed by atoms with Gasteiger partial charge < -0.3 is 9.84 Å². The highest BCUT2D eigenvalue weighted by molar-refractivity contribution is 5.66. The van der Waals surface area contributed by atoms with Gasteiger partial charge in [0.1, 0.15) is 0 Å². The fraction of sp³-hybridized carbons (Fsp3) is 0.462. The quantitative estimate of drug-likeness (QED) is 0.862. The van der Waals surface area contributed by atoms with Gasteiger partial charge in [0.25, 0.3) is 0 Å². The van der Waals surface area contributed by atoms with Crippen LogP contribution in [0.1, 0.15) is 23.6 Å². The molecule has 4 nitrogen and oxygen atoms in total. The monoisotopic (exact) mass is 235 g/mol. The van der Waals surface area contributed by atoms with E-state index in [-0.39, 0.29) is 12.5 Å². The standard InChI is InChI=1S/C13H17NO3/c1-14(7-6-13(15)16)12-9-17-8-10-4-2-3-5-11(10)12/h2-5,12H,6-9H2,1H3,(H,15,16). The number of carboxylic acid groups (broad SMARTS) is 1. The van der Waals surface area contributed by atoms with Crippen molar-refractivity contribution in [1.29, 1.82) is 0 Å². The molecule has 0 aliphatic carbocycles. The lowest BCUT2D eigenvalue weighted by molar-refractivity contribution is -0.137. The van der Waals surface area contributed by atoms with Gasteiger partial charge in [0, 0.05) is 6.54 Å². The first-order valence-electron chi connectivity index (χ1n) is 5.76. The number of fused-ring (bicyclic) bond motifs is 1. The van der Waals surface area contributed by atoms with Crippen LogP contribution in [-0.4, -0.2) is 36.2 Å². The molecule has 0 fully saturated rings. The van der Waals surface area contributed by atoms with Crippen molar-refractivity contribution in [1.82, 2.24) is 4.90 Å². The third-order valence-corrected chi connectivity index (χ3v) is 3.16. The van der Waals surface area contributed by atoms with Gasteiger partial charge in [-0.3, -0.25) is 9.69 Å². The number of likely N-dealkylation sites (N-methyl/N-ethyl adjacent to an activating group) is 1. The summed E-state index contributed by atoms with van der Waals surface area (Å²) in [5, 5.41) is 8.70. The van der Waals surface area contributed by atoms with Gasteiger partial charge in [-0.2, -0.15) is 0 Å². The fourth-order valence-corrected chi connectivity index (χ4v) is 2.15. The first kappa shape index (κ1) is 12.1. The number of hydrogen-bond acceptors (Lipinski definition) is 3. The van der Waals surface area contributed by atoms with Crippen molar-refractivity contribution in [3.05, 3.63) is 35.4 Å². The van der Waals surface area contributed by atoms with E-state index in [4.69, 9.17) is 9.84 Å². The Morgan fingerprint density at radius 2 is 2.29 bits per heavy atom. The zero-order chi connectivity index (χ0) is 12.3. The number of carboxylic acids is 1. The van der Waals surface area contributed by atoms with Crippen molar-refractivity contribution in [2.75, 3.05) is 20.2 Å². The van der Waals surface area contributed by atoms with E-state index in [9.17, 15) is 4.79 Å². The molecule has 1 aliphatic rings. The van der Waals surface area contributed by atoms with Gasteiger partial charge in [0.2, 0.25) is 0 Å². The van der Waals surface area contributed by atoms with Crippen LogP contribution in [-0.2, 0) is 16.1 Å². The van der Waals surface area contributed by atoms with E-state index in [1.54, 1.807) is 0 Å². The summed E-state index contributed by atoms with van der Waals surface area (Å²) in [5.41, 5.74) is 2.46. The number of carbonyl (C=O) groups is 1. The minimum Gasteiger partial charge on any atom is -0.481 e. The van der Waals surface area contributed by atoms with Crippen molar-refractivity contribution < 1.29 is 14.6 Å². The van der Waals surface area contributed by atoms with Crippen LogP contribution in [0, 0.1) is 0 Å². The van der Waals surface area contributed by atoms with E-state index >= 15 is 0 Å². The molecule has 0 spiro atoms. The van der Waals surface area contributed by atoms with E-state index in [0.717, 1.165) is 0 Å². The number of ether oxygens (including phenoxy) is 1. The Kier molecular flexibility index (Phi) is 3.76. The molecule has 1 aromatic carbocycles. The SMILES string of the molecule is CN(CCC(=O)O)C1COCc2ccccc21. The third-order valence-electron chi connectivity index (χ3n) is 3.16. The Balaban J connectivity index is 2.09. The van der Waals surface area contributed by atoms with Gasteiger partial charge in [-0.1, -0.05) is 24.3 Å². The lowest BCUT2D eigenvalue weighted by atomic mass is 9.98. The molecule has 1 heterocycles. The van der Waals surface area contributed by atoms with Crippen molar-refractivity contribution in [3.63, 3.8) is 0 Å². The summed E-state index contributed by atoms with van der Waals surface area (Å²) in [6.07, 6.45) is 0.162. The molecule has 0 saturated heterocycles. The second-order valence-corrected chi connectivity index (χ2v) is 4.35. The maximum atomic E-state index is 10.6. The minimum absolute atomic E-state index is 0.162. The van der Waals surface area contributed by atoms with Crippen molar-refractivity contribution >= 4 is 5.97 Å². The zero-order valence-electron chi connectivity index (χ0n) is 9.93. The maximum absolute atomic E-state index is 10.6. The normalized spacial score (nSPS) is 19.1. The van der Waals surface area contributed by atoms with Crippen molar-refractivity contribution in [2.45, 2.75) is 19.1 Å². The summed E-state index contributed by atoms with van der Waals surface area (Å²) in [6, 6.07) is 8.34.